The lowest BCUT2D eigenvalue weighted by molar-refractivity contribution is 1.22. The average Bonchev–Trinajstić information content (AvgIpc) is 2.29. The van der Waals surface area contributed by atoms with Crippen molar-refractivity contribution in [2.75, 3.05) is 11.9 Å². The van der Waals surface area contributed by atoms with Crippen LogP contribution in [-0.4, -0.2) is 12.4 Å². The Morgan fingerprint density at radius 1 is 1.19 bits per heavy atom. The highest BCUT2D eigenvalue weighted by Crippen LogP contribution is 2.26. The summed E-state index contributed by atoms with van der Waals surface area (Å²) in [5, 5.41) is 13.0. The molecule has 0 radical (unpaired) electrons. The molecule has 3 nitrogen and oxygen atoms in total. The van der Waals surface area contributed by atoms with E-state index in [9.17, 15) is 0 Å². The van der Waals surface area contributed by atoms with Crippen molar-refractivity contribution in [3.63, 3.8) is 0 Å². The van der Waals surface area contributed by atoms with E-state index >= 15 is 0 Å². The monoisotopic (exact) mass is 213 g/mol. The van der Waals surface area contributed by atoms with Crippen LogP contribution in [-0.2, 0) is 0 Å². The van der Waals surface area contributed by atoms with E-state index in [1.165, 1.54) is 0 Å². The second kappa shape index (κ2) is 4.23. The van der Waals surface area contributed by atoms with Crippen molar-refractivity contribution >= 4 is 22.3 Å². The third-order valence-electron chi connectivity index (χ3n) is 2.58. The molecule has 2 aromatic carbocycles. The molecule has 4 N–H and O–H groups in total. The van der Waals surface area contributed by atoms with Gasteiger partial charge in [0.05, 0.1) is 0 Å². The van der Waals surface area contributed by atoms with E-state index in [-0.39, 0.29) is 5.84 Å². The van der Waals surface area contributed by atoms with Crippen LogP contribution < -0.4 is 11.1 Å². The van der Waals surface area contributed by atoms with Crippen molar-refractivity contribution in [2.45, 2.75) is 6.92 Å². The molecule has 0 bridgehead atoms. The predicted octanol–water partition coefficient (Wildman–Crippen LogP) is 2.56. The molecule has 0 spiro atoms. The third-order valence-corrected chi connectivity index (χ3v) is 2.58. The van der Waals surface area contributed by atoms with Gasteiger partial charge in [0.25, 0.3) is 0 Å². The molecule has 16 heavy (non-hydrogen) atoms. The van der Waals surface area contributed by atoms with Gasteiger partial charge >= 0.3 is 0 Å². The molecule has 0 aromatic heterocycles. The summed E-state index contributed by atoms with van der Waals surface area (Å²) < 4.78 is 0. The number of rotatable bonds is 3. The number of nitrogens with one attached hydrogen (secondary N) is 2. The first-order valence-electron chi connectivity index (χ1n) is 5.34. The Bertz CT molecular complexity index is 532. The number of nitrogen functional groups attached to an aromatic ring is 1. The summed E-state index contributed by atoms with van der Waals surface area (Å²) in [5.41, 5.74) is 7.44. The SMILES string of the molecule is CCNc1ccc(C(=N)N)c2ccccc12. The van der Waals surface area contributed by atoms with Crippen LogP contribution in [0.2, 0.25) is 0 Å². The molecule has 0 aliphatic heterocycles. The van der Waals surface area contributed by atoms with Gasteiger partial charge in [-0.2, -0.15) is 0 Å². The highest BCUT2D eigenvalue weighted by atomic mass is 14.9. The van der Waals surface area contributed by atoms with Gasteiger partial charge in [0.15, 0.2) is 0 Å². The lowest BCUT2D eigenvalue weighted by atomic mass is 10.0. The minimum atomic E-state index is 0.110. The number of fused-ring (bicyclic) bond motifs is 1. The quantitative estimate of drug-likeness (QED) is 0.542. The van der Waals surface area contributed by atoms with Gasteiger partial charge in [-0.3, -0.25) is 5.41 Å². The average molecular weight is 213 g/mol. The topological polar surface area (TPSA) is 61.9 Å². The normalized spacial score (nSPS) is 10.3. The molecule has 0 saturated carbocycles. The number of anilines is 1. The summed E-state index contributed by atoms with van der Waals surface area (Å²) in [7, 11) is 0. The number of hydrogen-bond acceptors (Lipinski definition) is 2. The summed E-state index contributed by atoms with van der Waals surface area (Å²) in [4.78, 5) is 0. The van der Waals surface area contributed by atoms with Crippen molar-refractivity contribution in [2.24, 2.45) is 5.73 Å². The zero-order chi connectivity index (χ0) is 11.5. The summed E-state index contributed by atoms with van der Waals surface area (Å²) in [5.74, 6) is 0.110. The van der Waals surface area contributed by atoms with E-state index in [0.717, 1.165) is 28.6 Å². The van der Waals surface area contributed by atoms with Crippen LogP contribution >= 0.6 is 0 Å². The minimum Gasteiger partial charge on any atom is -0.385 e. The van der Waals surface area contributed by atoms with E-state index in [4.69, 9.17) is 11.1 Å². The fourth-order valence-corrected chi connectivity index (χ4v) is 1.88. The molecule has 0 fully saturated rings. The molecular formula is C13H15N3. The molecule has 0 atom stereocenters. The maximum absolute atomic E-state index is 7.55. The number of benzene rings is 2. The van der Waals surface area contributed by atoms with Crippen LogP contribution in [0.15, 0.2) is 36.4 Å². The summed E-state index contributed by atoms with van der Waals surface area (Å²) >= 11 is 0. The Morgan fingerprint density at radius 3 is 2.50 bits per heavy atom. The van der Waals surface area contributed by atoms with Gasteiger partial charge in [0.1, 0.15) is 5.84 Å². The number of hydrogen-bond donors (Lipinski definition) is 3. The van der Waals surface area contributed by atoms with Crippen molar-refractivity contribution in [3.8, 4) is 0 Å². The standard InChI is InChI=1S/C13H15N3/c1-2-16-12-8-7-11(13(14)15)9-5-3-4-6-10(9)12/h3-8,16H,2H2,1H3,(H3,14,15). The van der Waals surface area contributed by atoms with Gasteiger partial charge in [-0.15, -0.1) is 0 Å². The summed E-state index contributed by atoms with van der Waals surface area (Å²) in [6, 6.07) is 11.9. The summed E-state index contributed by atoms with van der Waals surface area (Å²) in [6.45, 7) is 2.94. The van der Waals surface area contributed by atoms with Gasteiger partial charge in [-0.25, -0.2) is 0 Å². The van der Waals surface area contributed by atoms with Gasteiger partial charge in [-0.1, -0.05) is 24.3 Å². The number of nitrogens with two attached hydrogens (primary N) is 1. The molecular weight excluding hydrogens is 198 g/mol. The van der Waals surface area contributed by atoms with Gasteiger partial charge < -0.3 is 11.1 Å². The van der Waals surface area contributed by atoms with E-state index in [0.29, 0.717) is 0 Å². The Morgan fingerprint density at radius 2 is 1.88 bits per heavy atom. The third kappa shape index (κ3) is 1.72. The molecule has 2 aromatic rings. The highest BCUT2D eigenvalue weighted by molar-refractivity contribution is 6.10. The van der Waals surface area contributed by atoms with E-state index < -0.39 is 0 Å². The van der Waals surface area contributed by atoms with Crippen LogP contribution in [0.3, 0.4) is 0 Å². The van der Waals surface area contributed by atoms with Crippen LogP contribution in [0.4, 0.5) is 5.69 Å². The first-order valence-corrected chi connectivity index (χ1v) is 5.34. The van der Waals surface area contributed by atoms with Crippen molar-refractivity contribution in [3.05, 3.63) is 42.0 Å². The molecule has 0 saturated heterocycles. The van der Waals surface area contributed by atoms with Crippen LogP contribution in [0.5, 0.6) is 0 Å². The zero-order valence-corrected chi connectivity index (χ0v) is 9.25. The smallest absolute Gasteiger partial charge is 0.123 e. The minimum absolute atomic E-state index is 0.110. The first-order chi connectivity index (χ1) is 7.74. The molecule has 3 heteroatoms. The molecule has 0 aliphatic rings. The van der Waals surface area contributed by atoms with Gasteiger partial charge in [0.2, 0.25) is 0 Å². The molecule has 82 valence electrons. The lowest BCUT2D eigenvalue weighted by Crippen LogP contribution is -2.12. The van der Waals surface area contributed by atoms with E-state index in [1.54, 1.807) is 0 Å². The molecule has 0 heterocycles. The van der Waals surface area contributed by atoms with E-state index in [2.05, 4.69) is 12.2 Å². The lowest BCUT2D eigenvalue weighted by Gasteiger charge is -2.11. The predicted molar refractivity (Wildman–Crippen MR) is 69.1 cm³/mol. The Hall–Kier alpha value is -2.03. The molecule has 0 unspecified atom stereocenters. The molecule has 0 aliphatic carbocycles. The summed E-state index contributed by atoms with van der Waals surface area (Å²) in [6.07, 6.45) is 0. The van der Waals surface area contributed by atoms with Crippen LogP contribution in [0.1, 0.15) is 12.5 Å². The number of amidine groups is 1. The largest absolute Gasteiger partial charge is 0.385 e. The van der Waals surface area contributed by atoms with E-state index in [1.807, 2.05) is 36.4 Å². The molecule has 2 rings (SSSR count). The maximum Gasteiger partial charge on any atom is 0.123 e. The fourth-order valence-electron chi connectivity index (χ4n) is 1.88. The molecule has 0 amide bonds. The second-order valence-corrected chi connectivity index (χ2v) is 3.65. The Labute approximate surface area is 94.8 Å². The zero-order valence-electron chi connectivity index (χ0n) is 9.25. The Balaban J connectivity index is 2.71. The van der Waals surface area contributed by atoms with Gasteiger partial charge in [0, 0.05) is 23.2 Å². The fraction of sp³-hybridized carbons (Fsp3) is 0.154. The maximum atomic E-state index is 7.55. The van der Waals surface area contributed by atoms with Gasteiger partial charge in [-0.05, 0) is 24.4 Å². The van der Waals surface area contributed by atoms with Crippen molar-refractivity contribution < 1.29 is 0 Å². The van der Waals surface area contributed by atoms with Crippen molar-refractivity contribution in [1.29, 1.82) is 5.41 Å². The van der Waals surface area contributed by atoms with Crippen LogP contribution in [0, 0.1) is 5.41 Å². The van der Waals surface area contributed by atoms with Crippen LogP contribution in [0.25, 0.3) is 10.8 Å². The Kier molecular flexibility index (Phi) is 2.77. The van der Waals surface area contributed by atoms with Crippen molar-refractivity contribution in [1.82, 2.24) is 0 Å². The first kappa shape index (κ1) is 10.5. The second-order valence-electron chi connectivity index (χ2n) is 3.65. The highest BCUT2D eigenvalue weighted by Gasteiger charge is 2.06.